The Morgan fingerprint density at radius 1 is 1.56 bits per heavy atom. The molecule has 0 aromatic heterocycles. The summed E-state index contributed by atoms with van der Waals surface area (Å²) in [6.45, 7) is 1.99. The number of ether oxygens (including phenoxy) is 1. The van der Waals surface area contributed by atoms with Crippen molar-refractivity contribution in [1.29, 1.82) is 0 Å². The van der Waals surface area contributed by atoms with E-state index < -0.39 is 17.0 Å². The van der Waals surface area contributed by atoms with Crippen molar-refractivity contribution < 1.29 is 47.9 Å². The molecule has 0 saturated heterocycles. The maximum atomic E-state index is 11.3. The zero-order valence-electron chi connectivity index (χ0n) is 8.86. The van der Waals surface area contributed by atoms with E-state index in [1.165, 1.54) is 18.2 Å². The second-order valence-electron chi connectivity index (χ2n) is 2.60. The van der Waals surface area contributed by atoms with Crippen LogP contribution in [0.5, 0.6) is 0 Å². The normalized spacial score (nSPS) is 11.4. The fourth-order valence-electron chi connectivity index (χ4n) is 0.977. The largest absolute Gasteiger partial charge is 1.00 e. The second kappa shape index (κ2) is 7.58. The van der Waals surface area contributed by atoms with Crippen LogP contribution in [0.2, 0.25) is 0 Å². The quantitative estimate of drug-likeness (QED) is 0.402. The van der Waals surface area contributed by atoms with E-state index in [0.717, 1.165) is 0 Å². The molecule has 0 amide bonds. The van der Waals surface area contributed by atoms with E-state index in [2.05, 4.69) is 15.9 Å². The van der Waals surface area contributed by atoms with Crippen LogP contribution in [0.25, 0.3) is 0 Å². The molecule has 1 aromatic rings. The third-order valence-corrected chi connectivity index (χ3v) is 3.26. The summed E-state index contributed by atoms with van der Waals surface area (Å²) < 4.78 is 26.5. The Hall–Kier alpha value is 0.280. The van der Waals surface area contributed by atoms with Gasteiger partial charge < -0.3 is 9.29 Å². The maximum Gasteiger partial charge on any atom is 1.00 e. The molecule has 1 atom stereocenters. The van der Waals surface area contributed by atoms with Crippen molar-refractivity contribution in [2.75, 3.05) is 6.61 Å². The molecule has 0 fully saturated rings. The first-order valence-electron chi connectivity index (χ1n) is 4.12. The summed E-state index contributed by atoms with van der Waals surface area (Å²) in [6, 6.07) is 4.18. The number of carbonyl (C=O) groups excluding carboxylic acids is 1. The minimum atomic E-state index is -2.31. The summed E-state index contributed by atoms with van der Waals surface area (Å²) in [5.41, 5.74) is 0.318. The first-order valence-corrected chi connectivity index (χ1v) is 5.99. The van der Waals surface area contributed by atoms with Crippen molar-refractivity contribution in [3.05, 3.63) is 28.2 Å². The summed E-state index contributed by atoms with van der Waals surface area (Å²) in [4.78, 5) is 11.4. The molecule has 16 heavy (non-hydrogen) atoms. The molecule has 7 heteroatoms. The molecule has 82 valence electrons. The van der Waals surface area contributed by atoms with Crippen molar-refractivity contribution in [1.82, 2.24) is 0 Å². The van der Waals surface area contributed by atoms with Crippen LogP contribution in [0.1, 0.15) is 17.3 Å². The van der Waals surface area contributed by atoms with Gasteiger partial charge in [-0.15, -0.1) is 0 Å². The van der Waals surface area contributed by atoms with Crippen molar-refractivity contribution in [3.63, 3.8) is 0 Å². The van der Waals surface area contributed by atoms with E-state index in [-0.39, 0.29) is 41.1 Å². The Kier molecular flexibility index (Phi) is 7.71. The van der Waals surface area contributed by atoms with Gasteiger partial charge in [-0.3, -0.25) is 4.21 Å². The molecule has 0 radical (unpaired) electrons. The fourth-order valence-corrected chi connectivity index (χ4v) is 2.15. The van der Waals surface area contributed by atoms with Crippen LogP contribution in [0.4, 0.5) is 0 Å². The Bertz CT molecular complexity index is 410. The van der Waals surface area contributed by atoms with Crippen LogP contribution in [-0.2, 0) is 15.8 Å². The Morgan fingerprint density at radius 2 is 2.19 bits per heavy atom. The van der Waals surface area contributed by atoms with Gasteiger partial charge in [-0.05, 0) is 52.1 Å². The van der Waals surface area contributed by atoms with E-state index in [4.69, 9.17) is 4.74 Å². The van der Waals surface area contributed by atoms with Crippen LogP contribution in [0.3, 0.4) is 0 Å². The summed E-state index contributed by atoms with van der Waals surface area (Å²) in [6.07, 6.45) is 0. The van der Waals surface area contributed by atoms with E-state index in [9.17, 15) is 13.6 Å². The number of benzene rings is 1. The zero-order valence-corrected chi connectivity index (χ0v) is 13.3. The summed E-state index contributed by atoms with van der Waals surface area (Å²) in [5.74, 6) is -0.471. The van der Waals surface area contributed by atoms with Gasteiger partial charge >= 0.3 is 35.5 Å². The number of rotatable bonds is 3. The maximum absolute atomic E-state index is 11.3. The van der Waals surface area contributed by atoms with E-state index >= 15 is 0 Å². The van der Waals surface area contributed by atoms with Crippen molar-refractivity contribution in [2.24, 2.45) is 0 Å². The van der Waals surface area contributed by atoms with Gasteiger partial charge in [0.1, 0.15) is 0 Å². The predicted octanol–water partition coefficient (Wildman–Crippen LogP) is -1.13. The molecule has 1 rings (SSSR count). The second-order valence-corrected chi connectivity index (χ2v) is 4.36. The Balaban J connectivity index is 0.00000225. The summed E-state index contributed by atoms with van der Waals surface area (Å²) in [5, 5.41) is 0. The molecule has 0 heterocycles. The fraction of sp³-hybridized carbons (Fsp3) is 0.222. The molecule has 0 N–H and O–H groups in total. The SMILES string of the molecule is CCOC(=O)c1ccc(S(=O)[O-])c(Br)c1.[Na+]. The van der Waals surface area contributed by atoms with E-state index in [1.807, 2.05) is 0 Å². The number of hydrogen-bond acceptors (Lipinski definition) is 4. The average Bonchev–Trinajstić information content (AvgIpc) is 2.17. The van der Waals surface area contributed by atoms with Crippen LogP contribution >= 0.6 is 15.9 Å². The number of hydrogen-bond donors (Lipinski definition) is 0. The summed E-state index contributed by atoms with van der Waals surface area (Å²) in [7, 11) is 0. The first-order chi connectivity index (χ1) is 7.06. The molecule has 0 aliphatic carbocycles. The third kappa shape index (κ3) is 4.27. The molecule has 0 bridgehead atoms. The zero-order chi connectivity index (χ0) is 11.4. The predicted molar refractivity (Wildman–Crippen MR) is 57.3 cm³/mol. The Morgan fingerprint density at radius 3 is 2.62 bits per heavy atom. The molecular formula is C9H8BrNaO4S. The van der Waals surface area contributed by atoms with Gasteiger partial charge in [0.05, 0.1) is 12.2 Å². The monoisotopic (exact) mass is 314 g/mol. The third-order valence-electron chi connectivity index (χ3n) is 1.62. The summed E-state index contributed by atoms with van der Waals surface area (Å²) >= 11 is 0.752. The van der Waals surface area contributed by atoms with Crippen molar-refractivity contribution in [3.8, 4) is 0 Å². The van der Waals surface area contributed by atoms with Gasteiger partial charge in [-0.25, -0.2) is 4.79 Å². The standard InChI is InChI=1S/C9H9BrO4S.Na/c1-2-14-9(11)6-3-4-8(15(12)13)7(10)5-6;/h3-5H,2H2,1H3,(H,12,13);/q;+1/p-1. The van der Waals surface area contributed by atoms with E-state index in [1.54, 1.807) is 6.92 Å². The van der Waals surface area contributed by atoms with Gasteiger partial charge in [0.25, 0.3) is 0 Å². The average molecular weight is 315 g/mol. The van der Waals surface area contributed by atoms with Gasteiger partial charge in [0.2, 0.25) is 0 Å². The van der Waals surface area contributed by atoms with E-state index in [0.29, 0.717) is 10.0 Å². The van der Waals surface area contributed by atoms with Crippen molar-refractivity contribution in [2.45, 2.75) is 11.8 Å². The van der Waals surface area contributed by atoms with Crippen LogP contribution < -0.4 is 29.6 Å². The molecule has 0 aliphatic rings. The molecule has 0 saturated carbocycles. The molecule has 0 aliphatic heterocycles. The van der Waals surface area contributed by atoms with Crippen LogP contribution in [0.15, 0.2) is 27.6 Å². The van der Waals surface area contributed by atoms with Crippen molar-refractivity contribution >= 4 is 33.0 Å². The number of esters is 1. The molecule has 4 nitrogen and oxygen atoms in total. The Labute approximate surface area is 126 Å². The first kappa shape index (κ1) is 16.3. The smallest absolute Gasteiger partial charge is 0.768 e. The molecule has 1 unspecified atom stereocenters. The van der Waals surface area contributed by atoms with Crippen LogP contribution in [0, 0.1) is 0 Å². The molecular weight excluding hydrogens is 307 g/mol. The minimum absolute atomic E-state index is 0. The van der Waals surface area contributed by atoms with Gasteiger partial charge in [-0.2, -0.15) is 0 Å². The minimum Gasteiger partial charge on any atom is -0.768 e. The van der Waals surface area contributed by atoms with Gasteiger partial charge in [0.15, 0.2) is 0 Å². The number of carbonyl (C=O) groups is 1. The number of halogens is 1. The van der Waals surface area contributed by atoms with Crippen LogP contribution in [-0.4, -0.2) is 21.3 Å². The molecule has 0 spiro atoms. The van der Waals surface area contributed by atoms with Gasteiger partial charge in [-0.1, -0.05) is 0 Å². The topological polar surface area (TPSA) is 66.4 Å². The molecule has 1 aromatic carbocycles. The van der Waals surface area contributed by atoms with Gasteiger partial charge in [0, 0.05) is 9.37 Å².